The van der Waals surface area contributed by atoms with Gasteiger partial charge in [-0.25, -0.2) is 4.79 Å². The van der Waals surface area contributed by atoms with E-state index in [2.05, 4.69) is 36.1 Å². The zero-order chi connectivity index (χ0) is 19.0. The number of nitrogens with zero attached hydrogens (tertiary/aromatic N) is 4. The highest BCUT2D eigenvalue weighted by Gasteiger charge is 2.23. The summed E-state index contributed by atoms with van der Waals surface area (Å²) in [5, 5.41) is 0. The van der Waals surface area contributed by atoms with Gasteiger partial charge in [0.05, 0.1) is 11.0 Å². The second-order valence-corrected chi connectivity index (χ2v) is 7.12. The van der Waals surface area contributed by atoms with Crippen LogP contribution in [0.3, 0.4) is 0 Å². The molecule has 1 aliphatic rings. The number of carbonyl (C=O) groups excluding carboxylic acids is 1. The van der Waals surface area contributed by atoms with Crippen LogP contribution in [-0.2, 0) is 18.4 Å². The molecule has 0 unspecified atom stereocenters. The molecule has 1 amide bonds. The van der Waals surface area contributed by atoms with Crippen molar-refractivity contribution < 1.29 is 4.79 Å². The van der Waals surface area contributed by atoms with E-state index in [-0.39, 0.29) is 18.1 Å². The SMILES string of the molecule is Cc1cccc(N2CCN(C(=O)Cn3c(=O)n(C)c4ccccc43)CC2)c1. The Hall–Kier alpha value is -3.02. The number of piperazine rings is 1. The molecule has 4 rings (SSSR count). The zero-order valence-corrected chi connectivity index (χ0v) is 15.8. The Bertz CT molecular complexity index is 1040. The number of benzene rings is 2. The lowest BCUT2D eigenvalue weighted by Gasteiger charge is -2.36. The van der Waals surface area contributed by atoms with Crippen molar-refractivity contribution >= 4 is 22.6 Å². The Balaban J connectivity index is 1.46. The molecule has 2 aromatic carbocycles. The van der Waals surface area contributed by atoms with E-state index in [0.717, 1.165) is 24.1 Å². The maximum Gasteiger partial charge on any atom is 0.329 e. The number of hydrogen-bond donors (Lipinski definition) is 0. The molecule has 2 heterocycles. The molecule has 140 valence electrons. The molecular weight excluding hydrogens is 340 g/mol. The van der Waals surface area contributed by atoms with Crippen molar-refractivity contribution in [3.05, 3.63) is 64.6 Å². The third kappa shape index (κ3) is 3.23. The molecule has 6 nitrogen and oxygen atoms in total. The third-order valence-electron chi connectivity index (χ3n) is 5.34. The molecule has 1 aromatic heterocycles. The topological polar surface area (TPSA) is 50.5 Å². The molecule has 0 spiro atoms. The lowest BCUT2D eigenvalue weighted by Crippen LogP contribution is -2.50. The van der Waals surface area contributed by atoms with Gasteiger partial charge >= 0.3 is 5.69 Å². The van der Waals surface area contributed by atoms with Gasteiger partial charge < -0.3 is 9.80 Å². The van der Waals surface area contributed by atoms with E-state index in [1.807, 2.05) is 29.2 Å². The number of fused-ring (bicyclic) bond motifs is 1. The van der Waals surface area contributed by atoms with Gasteiger partial charge in [-0.15, -0.1) is 0 Å². The fourth-order valence-electron chi connectivity index (χ4n) is 3.79. The lowest BCUT2D eigenvalue weighted by molar-refractivity contribution is -0.132. The van der Waals surface area contributed by atoms with Crippen LogP contribution in [0.15, 0.2) is 53.3 Å². The largest absolute Gasteiger partial charge is 0.368 e. The average molecular weight is 364 g/mol. The minimum Gasteiger partial charge on any atom is -0.368 e. The molecule has 1 fully saturated rings. The van der Waals surface area contributed by atoms with Crippen LogP contribution >= 0.6 is 0 Å². The number of amides is 1. The summed E-state index contributed by atoms with van der Waals surface area (Å²) in [6, 6.07) is 16.0. The first-order chi connectivity index (χ1) is 13.0. The van der Waals surface area contributed by atoms with Gasteiger partial charge in [0.25, 0.3) is 0 Å². The number of anilines is 1. The predicted molar refractivity (Wildman–Crippen MR) is 107 cm³/mol. The number of rotatable bonds is 3. The monoisotopic (exact) mass is 364 g/mol. The molecule has 0 N–H and O–H groups in total. The molecule has 0 atom stereocenters. The van der Waals surface area contributed by atoms with Crippen LogP contribution in [0.5, 0.6) is 0 Å². The Morgan fingerprint density at radius 3 is 2.37 bits per heavy atom. The summed E-state index contributed by atoms with van der Waals surface area (Å²) in [5.41, 5.74) is 3.94. The predicted octanol–water partition coefficient (Wildman–Crippen LogP) is 2.00. The van der Waals surface area contributed by atoms with Gasteiger partial charge in [0.15, 0.2) is 0 Å². The van der Waals surface area contributed by atoms with Crippen LogP contribution in [0.1, 0.15) is 5.56 Å². The van der Waals surface area contributed by atoms with Gasteiger partial charge in [-0.05, 0) is 36.8 Å². The summed E-state index contributed by atoms with van der Waals surface area (Å²) in [7, 11) is 1.74. The molecule has 1 aliphatic heterocycles. The fourth-order valence-corrected chi connectivity index (χ4v) is 3.79. The van der Waals surface area contributed by atoms with E-state index in [1.165, 1.54) is 11.3 Å². The summed E-state index contributed by atoms with van der Waals surface area (Å²) in [6.07, 6.45) is 0. The van der Waals surface area contributed by atoms with Crippen LogP contribution in [0.25, 0.3) is 11.0 Å². The molecule has 0 saturated carbocycles. The average Bonchev–Trinajstić information content (AvgIpc) is 2.93. The zero-order valence-electron chi connectivity index (χ0n) is 15.8. The summed E-state index contributed by atoms with van der Waals surface area (Å²) in [5.74, 6) is -0.00246. The molecule has 0 aliphatic carbocycles. The second-order valence-electron chi connectivity index (χ2n) is 7.12. The Labute approximate surface area is 158 Å². The van der Waals surface area contributed by atoms with Crippen LogP contribution in [0.2, 0.25) is 0 Å². The van der Waals surface area contributed by atoms with Crippen molar-refractivity contribution in [2.45, 2.75) is 13.5 Å². The van der Waals surface area contributed by atoms with E-state index in [9.17, 15) is 9.59 Å². The van der Waals surface area contributed by atoms with Gasteiger partial charge in [-0.3, -0.25) is 13.9 Å². The first-order valence-corrected chi connectivity index (χ1v) is 9.28. The number of para-hydroxylation sites is 2. The van der Waals surface area contributed by atoms with Crippen molar-refractivity contribution in [3.8, 4) is 0 Å². The van der Waals surface area contributed by atoms with Gasteiger partial charge in [-0.2, -0.15) is 0 Å². The molecule has 1 saturated heterocycles. The van der Waals surface area contributed by atoms with Gasteiger partial charge in [0.1, 0.15) is 6.54 Å². The smallest absolute Gasteiger partial charge is 0.329 e. The highest BCUT2D eigenvalue weighted by Crippen LogP contribution is 2.18. The summed E-state index contributed by atoms with van der Waals surface area (Å²) < 4.78 is 3.17. The van der Waals surface area contributed by atoms with Crippen molar-refractivity contribution in [1.29, 1.82) is 0 Å². The van der Waals surface area contributed by atoms with E-state index < -0.39 is 0 Å². The molecule has 27 heavy (non-hydrogen) atoms. The lowest BCUT2D eigenvalue weighted by atomic mass is 10.2. The highest BCUT2D eigenvalue weighted by atomic mass is 16.2. The number of hydrogen-bond acceptors (Lipinski definition) is 3. The number of carbonyl (C=O) groups is 1. The minimum atomic E-state index is -0.150. The second kappa shape index (κ2) is 6.95. The van der Waals surface area contributed by atoms with Crippen molar-refractivity contribution in [2.24, 2.45) is 7.05 Å². The van der Waals surface area contributed by atoms with Gasteiger partial charge in [0.2, 0.25) is 5.91 Å². The molecule has 0 radical (unpaired) electrons. The summed E-state index contributed by atoms with van der Waals surface area (Å²) in [4.78, 5) is 29.5. The first-order valence-electron chi connectivity index (χ1n) is 9.28. The van der Waals surface area contributed by atoms with Crippen molar-refractivity contribution in [2.75, 3.05) is 31.1 Å². The molecule has 3 aromatic rings. The quantitative estimate of drug-likeness (QED) is 0.714. The van der Waals surface area contributed by atoms with E-state index >= 15 is 0 Å². The summed E-state index contributed by atoms with van der Waals surface area (Å²) in [6.45, 7) is 5.13. The fraction of sp³-hybridized carbons (Fsp3) is 0.333. The van der Waals surface area contributed by atoms with E-state index in [1.54, 1.807) is 16.2 Å². The Morgan fingerprint density at radius 2 is 1.67 bits per heavy atom. The van der Waals surface area contributed by atoms with Gasteiger partial charge in [-0.1, -0.05) is 24.3 Å². The number of aryl methyl sites for hydroxylation is 2. The summed E-state index contributed by atoms with van der Waals surface area (Å²) >= 11 is 0. The standard InChI is InChI=1S/C21H24N4O2/c1-16-6-5-7-17(14-16)23-10-12-24(13-11-23)20(26)15-25-19-9-4-3-8-18(19)22(2)21(25)27/h3-9,14H,10-13,15H2,1-2H3. The van der Waals surface area contributed by atoms with Crippen LogP contribution in [-0.4, -0.2) is 46.1 Å². The first kappa shape index (κ1) is 17.4. The normalized spacial score (nSPS) is 14.7. The number of imidazole rings is 1. The highest BCUT2D eigenvalue weighted by molar-refractivity contribution is 5.81. The third-order valence-corrected chi connectivity index (χ3v) is 5.34. The molecule has 6 heteroatoms. The van der Waals surface area contributed by atoms with Crippen LogP contribution in [0, 0.1) is 6.92 Å². The minimum absolute atomic E-state index is 0.00246. The van der Waals surface area contributed by atoms with Gasteiger partial charge in [0, 0.05) is 38.9 Å². The van der Waals surface area contributed by atoms with Crippen molar-refractivity contribution in [1.82, 2.24) is 14.0 Å². The number of aromatic nitrogens is 2. The maximum atomic E-state index is 12.8. The Kier molecular flexibility index (Phi) is 4.48. The van der Waals surface area contributed by atoms with Crippen molar-refractivity contribution in [3.63, 3.8) is 0 Å². The van der Waals surface area contributed by atoms with E-state index in [4.69, 9.17) is 0 Å². The maximum absolute atomic E-state index is 12.8. The van der Waals surface area contributed by atoms with E-state index in [0.29, 0.717) is 13.1 Å². The molecule has 0 bridgehead atoms. The molecular formula is C21H24N4O2. The van der Waals surface area contributed by atoms with Crippen LogP contribution < -0.4 is 10.6 Å². The van der Waals surface area contributed by atoms with Crippen LogP contribution in [0.4, 0.5) is 5.69 Å². The Morgan fingerprint density at radius 1 is 0.963 bits per heavy atom.